The lowest BCUT2D eigenvalue weighted by atomic mass is 9.44. The number of halogens is 1. The third-order valence-corrected chi connectivity index (χ3v) is 9.28. The van der Waals surface area contributed by atoms with Crippen molar-refractivity contribution in [2.75, 3.05) is 6.61 Å². The summed E-state index contributed by atoms with van der Waals surface area (Å²) in [4.78, 5) is 13.2. The van der Waals surface area contributed by atoms with Crippen molar-refractivity contribution in [2.45, 2.75) is 82.6 Å². The van der Waals surface area contributed by atoms with Gasteiger partial charge < -0.3 is 19.7 Å². The number of hydrogen-bond donors (Lipinski definition) is 2. The van der Waals surface area contributed by atoms with E-state index in [-0.39, 0.29) is 12.3 Å². The van der Waals surface area contributed by atoms with E-state index in [9.17, 15) is 15.0 Å². The van der Waals surface area contributed by atoms with E-state index in [1.54, 1.807) is 13.8 Å². The van der Waals surface area contributed by atoms with Gasteiger partial charge in [0.05, 0.1) is 12.2 Å². The van der Waals surface area contributed by atoms with E-state index in [0.29, 0.717) is 19.3 Å². The molecule has 3 saturated carbocycles. The van der Waals surface area contributed by atoms with E-state index in [1.165, 1.54) is 0 Å². The molecular formula is C25H33FO5. The fourth-order valence-corrected chi connectivity index (χ4v) is 8.00. The number of rotatable bonds is 2. The van der Waals surface area contributed by atoms with Crippen LogP contribution in [-0.2, 0) is 14.3 Å². The van der Waals surface area contributed by atoms with Crippen LogP contribution in [0.1, 0.15) is 53.4 Å². The molecule has 0 radical (unpaired) electrons. The van der Waals surface area contributed by atoms with E-state index in [0.717, 1.165) is 11.1 Å². The Hall–Kier alpha value is -1.34. The number of carbonyl (C=O) groups excluding carboxylic acids is 1. The average molecular weight is 433 g/mol. The first kappa shape index (κ1) is 21.5. The number of aliphatic hydroxyl groups is 2. The largest absolute Gasteiger partial charge is 0.390 e. The predicted octanol–water partition coefficient (Wildman–Crippen LogP) is 3.41. The molecule has 4 aliphatic carbocycles. The van der Waals surface area contributed by atoms with Crippen molar-refractivity contribution >= 4 is 5.78 Å². The molecule has 5 rings (SSSR count). The van der Waals surface area contributed by atoms with Gasteiger partial charge in [-0.15, -0.1) is 0 Å². The van der Waals surface area contributed by atoms with Crippen LogP contribution in [0, 0.1) is 22.7 Å². The van der Waals surface area contributed by atoms with Crippen LogP contribution in [0.3, 0.4) is 0 Å². The predicted molar refractivity (Wildman–Crippen MR) is 113 cm³/mol. The van der Waals surface area contributed by atoms with Gasteiger partial charge in [0.15, 0.2) is 22.8 Å². The Morgan fingerprint density at radius 3 is 2.68 bits per heavy atom. The molecule has 4 fully saturated rings. The number of ether oxygens (including phenoxy) is 2. The first-order chi connectivity index (χ1) is 14.4. The van der Waals surface area contributed by atoms with Gasteiger partial charge in [-0.25, -0.2) is 4.39 Å². The number of aliphatic hydroxyl groups excluding tert-OH is 2. The van der Waals surface area contributed by atoms with Gasteiger partial charge in [0.25, 0.3) is 0 Å². The van der Waals surface area contributed by atoms with Crippen molar-refractivity contribution in [2.24, 2.45) is 22.7 Å². The van der Waals surface area contributed by atoms with Gasteiger partial charge in [0.2, 0.25) is 0 Å². The van der Waals surface area contributed by atoms with Gasteiger partial charge in [-0.05, 0) is 57.9 Å². The molecule has 0 amide bonds. The summed E-state index contributed by atoms with van der Waals surface area (Å²) < 4.78 is 29.7. The Bertz CT molecular complexity index is 923. The minimum atomic E-state index is -1.87. The van der Waals surface area contributed by atoms with Gasteiger partial charge in [0.1, 0.15) is 6.61 Å². The molecule has 0 aromatic heterocycles. The van der Waals surface area contributed by atoms with E-state index in [2.05, 4.69) is 6.58 Å². The van der Waals surface area contributed by atoms with E-state index < -0.39 is 58.4 Å². The van der Waals surface area contributed by atoms with E-state index in [4.69, 9.17) is 9.47 Å². The molecule has 6 heteroatoms. The maximum absolute atomic E-state index is 17.2. The lowest BCUT2D eigenvalue weighted by Crippen LogP contribution is -2.69. The second-order valence-electron chi connectivity index (χ2n) is 11.1. The van der Waals surface area contributed by atoms with Gasteiger partial charge >= 0.3 is 0 Å². The molecule has 0 aromatic rings. The fraction of sp³-hybridized carbons (Fsp3) is 0.720. The minimum absolute atomic E-state index is 0.0734. The fourth-order valence-electron chi connectivity index (χ4n) is 8.00. The zero-order chi connectivity index (χ0) is 22.6. The summed E-state index contributed by atoms with van der Waals surface area (Å²) in [5, 5.41) is 21.3. The van der Waals surface area contributed by atoms with Gasteiger partial charge in [-0.2, -0.15) is 0 Å². The minimum Gasteiger partial charge on any atom is -0.390 e. The van der Waals surface area contributed by atoms with Crippen molar-refractivity contribution in [3.05, 3.63) is 36.0 Å². The number of Topliss-reactive ketones (excluding diaryl/α,β-unsaturated/α-hetero) is 1. The highest BCUT2D eigenvalue weighted by Gasteiger charge is 2.79. The molecule has 1 aliphatic heterocycles. The molecule has 5 aliphatic rings. The van der Waals surface area contributed by atoms with Crippen LogP contribution in [0.15, 0.2) is 36.0 Å². The van der Waals surface area contributed by atoms with Crippen LogP contribution < -0.4 is 0 Å². The molecule has 8 atom stereocenters. The molecule has 170 valence electrons. The van der Waals surface area contributed by atoms with Gasteiger partial charge in [-0.3, -0.25) is 4.79 Å². The molecule has 0 aromatic carbocycles. The number of alkyl halides is 1. The summed E-state index contributed by atoms with van der Waals surface area (Å²) in [6.07, 6.45) is 5.64. The molecule has 0 unspecified atom stereocenters. The second kappa shape index (κ2) is 6.16. The highest BCUT2D eigenvalue weighted by molar-refractivity contribution is 5.91. The maximum atomic E-state index is 17.2. The van der Waals surface area contributed by atoms with Crippen LogP contribution in [0.5, 0.6) is 0 Å². The van der Waals surface area contributed by atoms with Crippen molar-refractivity contribution in [3.63, 3.8) is 0 Å². The van der Waals surface area contributed by atoms with Crippen molar-refractivity contribution in [1.29, 1.82) is 0 Å². The Morgan fingerprint density at radius 1 is 1.29 bits per heavy atom. The average Bonchev–Trinajstić information content (AvgIpc) is 3.09. The van der Waals surface area contributed by atoms with Crippen LogP contribution in [0.25, 0.3) is 0 Å². The van der Waals surface area contributed by atoms with Gasteiger partial charge in [-0.1, -0.05) is 37.3 Å². The summed E-state index contributed by atoms with van der Waals surface area (Å²) in [7, 11) is 0. The molecule has 31 heavy (non-hydrogen) atoms. The highest BCUT2D eigenvalue weighted by Crippen LogP contribution is 2.72. The van der Waals surface area contributed by atoms with Crippen molar-refractivity contribution in [3.8, 4) is 0 Å². The summed E-state index contributed by atoms with van der Waals surface area (Å²) in [6.45, 7) is 10.6. The molecule has 1 heterocycles. The molecule has 1 saturated heterocycles. The monoisotopic (exact) mass is 432 g/mol. The highest BCUT2D eigenvalue weighted by atomic mass is 19.1. The maximum Gasteiger partial charge on any atom is 0.193 e. The molecule has 2 N–H and O–H groups in total. The zero-order valence-corrected chi connectivity index (χ0v) is 18.8. The zero-order valence-electron chi connectivity index (χ0n) is 18.8. The molecular weight excluding hydrogens is 399 g/mol. The third-order valence-electron chi connectivity index (χ3n) is 9.28. The van der Waals surface area contributed by atoms with Crippen LogP contribution in [0.4, 0.5) is 4.39 Å². The first-order valence-electron chi connectivity index (χ1n) is 11.3. The lowest BCUT2D eigenvalue weighted by Gasteiger charge is -2.62. The number of ketones is 1. The second-order valence-corrected chi connectivity index (χ2v) is 11.1. The van der Waals surface area contributed by atoms with Crippen LogP contribution in [0.2, 0.25) is 0 Å². The van der Waals surface area contributed by atoms with Crippen LogP contribution >= 0.6 is 0 Å². The Labute approximate surface area is 183 Å². The smallest absolute Gasteiger partial charge is 0.193 e. The molecule has 0 bridgehead atoms. The SMILES string of the molecule is C=C1C=C[C@@]2(C)C(=C1)CC[C@H]1[C@@H]3C[C@H]4OC(C)(C)O[C@@]4(C(=O)CO)[C@@]3(C)C[C@H](O)[C@@]12F. The van der Waals surface area contributed by atoms with Crippen molar-refractivity contribution < 1.29 is 28.9 Å². The number of hydrogen-bond acceptors (Lipinski definition) is 5. The summed E-state index contributed by atoms with van der Waals surface area (Å²) >= 11 is 0. The third kappa shape index (κ3) is 2.32. The summed E-state index contributed by atoms with van der Waals surface area (Å²) in [6, 6.07) is 0. The first-order valence-corrected chi connectivity index (χ1v) is 11.3. The lowest BCUT2D eigenvalue weighted by molar-refractivity contribution is -0.246. The summed E-state index contributed by atoms with van der Waals surface area (Å²) in [5.74, 6) is -2.10. The van der Waals surface area contributed by atoms with Gasteiger partial charge in [0, 0.05) is 16.7 Å². The topological polar surface area (TPSA) is 76.0 Å². The number of carbonyl (C=O) groups is 1. The summed E-state index contributed by atoms with van der Waals surface area (Å²) in [5.41, 5.74) is -3.21. The van der Waals surface area contributed by atoms with Crippen LogP contribution in [-0.4, -0.2) is 51.9 Å². The van der Waals surface area contributed by atoms with E-state index in [1.807, 2.05) is 32.1 Å². The normalized spacial score (nSPS) is 52.1. The van der Waals surface area contributed by atoms with E-state index >= 15 is 4.39 Å². The Morgan fingerprint density at radius 2 is 2.00 bits per heavy atom. The Balaban J connectivity index is 1.64. The number of allylic oxidation sites excluding steroid dienone is 5. The standard InChI is InChI=1S/C25H33FO5/c1-14-8-9-22(4)15(10-14)6-7-16-17-11-20-25(19(29)13-27,31-21(2,3)30-20)23(17,5)12-18(28)24(16,22)26/h8-10,16-18,20,27-28H,1,6-7,11-13H2,2-5H3/t16-,17-,18-,20+,22-,23-,24-,25+/m0/s1. The number of fused-ring (bicyclic) bond motifs is 7. The quantitative estimate of drug-likeness (QED) is 0.700. The molecule has 5 nitrogen and oxygen atoms in total. The Kier molecular flexibility index (Phi) is 4.27. The van der Waals surface area contributed by atoms with Crippen molar-refractivity contribution in [1.82, 2.24) is 0 Å². The molecule has 0 spiro atoms.